The summed E-state index contributed by atoms with van der Waals surface area (Å²) < 4.78 is 28.5. The zero-order valence-corrected chi connectivity index (χ0v) is 12.5. The van der Waals surface area contributed by atoms with Crippen molar-refractivity contribution in [2.45, 2.75) is 33.4 Å². The minimum Gasteiger partial charge on any atom is -0.333 e. The standard InChI is InChI=1S/C14H17F2N5O/c1-8(2)21-9(3)18-13(20-21)19-14(22)17-7-10-11(15)5-4-6-12(10)16/h4-6,8H,7H2,1-3H3,(H2,17,19,20,22). The van der Waals surface area contributed by atoms with Gasteiger partial charge < -0.3 is 5.32 Å². The molecule has 2 amide bonds. The van der Waals surface area contributed by atoms with Crippen molar-refractivity contribution in [3.63, 3.8) is 0 Å². The highest BCUT2D eigenvalue weighted by Crippen LogP contribution is 2.12. The van der Waals surface area contributed by atoms with Crippen molar-refractivity contribution in [1.82, 2.24) is 20.1 Å². The molecule has 1 aromatic carbocycles. The third-order valence-corrected chi connectivity index (χ3v) is 3.00. The van der Waals surface area contributed by atoms with E-state index in [1.54, 1.807) is 11.6 Å². The van der Waals surface area contributed by atoms with Crippen molar-refractivity contribution in [2.75, 3.05) is 5.32 Å². The molecule has 118 valence electrons. The molecule has 0 atom stereocenters. The lowest BCUT2D eigenvalue weighted by molar-refractivity contribution is 0.251. The van der Waals surface area contributed by atoms with Crippen LogP contribution >= 0.6 is 0 Å². The van der Waals surface area contributed by atoms with E-state index in [1.165, 1.54) is 6.07 Å². The molecule has 22 heavy (non-hydrogen) atoms. The van der Waals surface area contributed by atoms with Crippen molar-refractivity contribution >= 4 is 12.0 Å². The number of benzene rings is 1. The second-order valence-corrected chi connectivity index (χ2v) is 5.03. The van der Waals surface area contributed by atoms with E-state index in [2.05, 4.69) is 20.7 Å². The Kier molecular flexibility index (Phi) is 4.69. The summed E-state index contributed by atoms with van der Waals surface area (Å²) in [7, 11) is 0. The molecule has 8 heteroatoms. The lowest BCUT2D eigenvalue weighted by Gasteiger charge is -2.07. The SMILES string of the molecule is Cc1nc(NC(=O)NCc2c(F)cccc2F)nn1C(C)C. The zero-order chi connectivity index (χ0) is 16.3. The number of anilines is 1. The summed E-state index contributed by atoms with van der Waals surface area (Å²) in [6, 6.07) is 3.00. The second-order valence-electron chi connectivity index (χ2n) is 5.03. The fraction of sp³-hybridized carbons (Fsp3) is 0.357. The maximum absolute atomic E-state index is 13.4. The molecule has 2 rings (SSSR count). The number of carbonyl (C=O) groups is 1. The van der Waals surface area contributed by atoms with Crippen LogP contribution in [0.3, 0.4) is 0 Å². The minimum atomic E-state index is -0.710. The molecule has 0 aliphatic carbocycles. The number of halogens is 2. The number of aryl methyl sites for hydroxylation is 1. The fourth-order valence-electron chi connectivity index (χ4n) is 1.96. The van der Waals surface area contributed by atoms with E-state index in [4.69, 9.17) is 0 Å². The lowest BCUT2D eigenvalue weighted by atomic mass is 10.2. The van der Waals surface area contributed by atoms with Crippen LogP contribution in [0.4, 0.5) is 19.5 Å². The molecule has 2 aromatic rings. The number of amides is 2. The third-order valence-electron chi connectivity index (χ3n) is 3.00. The fourth-order valence-corrected chi connectivity index (χ4v) is 1.96. The normalized spacial score (nSPS) is 10.8. The van der Waals surface area contributed by atoms with Crippen LogP contribution in [-0.2, 0) is 6.54 Å². The minimum absolute atomic E-state index is 0.110. The Hall–Kier alpha value is -2.51. The number of nitrogens with zero attached hydrogens (tertiary/aromatic N) is 3. The van der Waals surface area contributed by atoms with Gasteiger partial charge in [-0.3, -0.25) is 5.32 Å². The Labute approximate surface area is 126 Å². The summed E-state index contributed by atoms with van der Waals surface area (Å²) in [5.41, 5.74) is -0.200. The highest BCUT2D eigenvalue weighted by Gasteiger charge is 2.13. The molecule has 1 aromatic heterocycles. The van der Waals surface area contributed by atoms with Gasteiger partial charge in [-0.2, -0.15) is 4.98 Å². The molecule has 0 saturated carbocycles. The van der Waals surface area contributed by atoms with Gasteiger partial charge in [0.25, 0.3) is 0 Å². The summed E-state index contributed by atoms with van der Waals surface area (Å²) in [6.07, 6.45) is 0. The Bertz CT molecular complexity index is 664. The molecule has 2 N–H and O–H groups in total. The predicted molar refractivity (Wildman–Crippen MR) is 77.4 cm³/mol. The first-order valence-corrected chi connectivity index (χ1v) is 6.79. The van der Waals surface area contributed by atoms with E-state index in [9.17, 15) is 13.6 Å². The van der Waals surface area contributed by atoms with Gasteiger partial charge in [-0.25, -0.2) is 18.3 Å². The summed E-state index contributed by atoms with van der Waals surface area (Å²) in [4.78, 5) is 15.8. The van der Waals surface area contributed by atoms with Gasteiger partial charge in [-0.15, -0.1) is 5.10 Å². The van der Waals surface area contributed by atoms with Crippen molar-refractivity contribution < 1.29 is 13.6 Å². The summed E-state index contributed by atoms with van der Waals surface area (Å²) >= 11 is 0. The molecular formula is C14H17F2N5O. The van der Waals surface area contributed by atoms with Crippen molar-refractivity contribution in [2.24, 2.45) is 0 Å². The number of urea groups is 1. The van der Waals surface area contributed by atoms with Crippen LogP contribution in [0.2, 0.25) is 0 Å². The van der Waals surface area contributed by atoms with Gasteiger partial charge in [0.15, 0.2) is 0 Å². The topological polar surface area (TPSA) is 71.8 Å². The zero-order valence-electron chi connectivity index (χ0n) is 12.5. The molecule has 6 nitrogen and oxygen atoms in total. The Balaban J connectivity index is 1.98. The number of hydrogen-bond acceptors (Lipinski definition) is 3. The van der Waals surface area contributed by atoms with E-state index in [1.807, 2.05) is 13.8 Å². The number of rotatable bonds is 4. The maximum atomic E-state index is 13.4. The predicted octanol–water partition coefficient (Wildman–Crippen LogP) is 2.77. The summed E-state index contributed by atoms with van der Waals surface area (Å²) in [5, 5.41) is 8.92. The van der Waals surface area contributed by atoms with Gasteiger partial charge in [-0.05, 0) is 32.9 Å². The first-order chi connectivity index (χ1) is 10.4. The van der Waals surface area contributed by atoms with Crippen LogP contribution in [0.15, 0.2) is 18.2 Å². The van der Waals surface area contributed by atoms with Gasteiger partial charge in [0, 0.05) is 11.6 Å². The number of nitrogens with one attached hydrogen (secondary N) is 2. The highest BCUT2D eigenvalue weighted by molar-refractivity contribution is 5.87. The van der Waals surface area contributed by atoms with Crippen LogP contribution in [-0.4, -0.2) is 20.8 Å². The first kappa shape index (κ1) is 15.9. The van der Waals surface area contributed by atoms with Crippen LogP contribution in [0.5, 0.6) is 0 Å². The average Bonchev–Trinajstić information content (AvgIpc) is 2.79. The molecule has 0 aliphatic heterocycles. The van der Waals surface area contributed by atoms with Gasteiger partial charge in [0.1, 0.15) is 17.5 Å². The Morgan fingerprint density at radius 2 is 1.95 bits per heavy atom. The van der Waals surface area contributed by atoms with Gasteiger partial charge in [-0.1, -0.05) is 6.07 Å². The summed E-state index contributed by atoms with van der Waals surface area (Å²) in [6.45, 7) is 5.37. The third kappa shape index (κ3) is 3.57. The monoisotopic (exact) mass is 309 g/mol. The highest BCUT2D eigenvalue weighted by atomic mass is 19.1. The molecule has 0 spiro atoms. The number of carbonyl (C=O) groups excluding carboxylic acids is 1. The maximum Gasteiger partial charge on any atom is 0.321 e. The smallest absolute Gasteiger partial charge is 0.321 e. The van der Waals surface area contributed by atoms with Gasteiger partial charge >= 0.3 is 6.03 Å². The average molecular weight is 309 g/mol. The first-order valence-electron chi connectivity index (χ1n) is 6.79. The van der Waals surface area contributed by atoms with E-state index >= 15 is 0 Å². The quantitative estimate of drug-likeness (QED) is 0.912. The van der Waals surface area contributed by atoms with Crippen LogP contribution in [0.1, 0.15) is 31.3 Å². The van der Waals surface area contributed by atoms with Crippen molar-refractivity contribution in [3.05, 3.63) is 41.2 Å². The van der Waals surface area contributed by atoms with Crippen molar-refractivity contribution in [3.8, 4) is 0 Å². The molecule has 0 fully saturated rings. The molecule has 1 heterocycles. The van der Waals surface area contributed by atoms with E-state index in [-0.39, 0.29) is 24.1 Å². The molecule has 0 bridgehead atoms. The van der Waals surface area contributed by atoms with Crippen LogP contribution in [0, 0.1) is 18.6 Å². The molecular weight excluding hydrogens is 292 g/mol. The Morgan fingerprint density at radius 1 is 1.32 bits per heavy atom. The lowest BCUT2D eigenvalue weighted by Crippen LogP contribution is -2.29. The molecule has 0 radical (unpaired) electrons. The van der Waals surface area contributed by atoms with Crippen molar-refractivity contribution in [1.29, 1.82) is 0 Å². The molecule has 0 aliphatic rings. The van der Waals surface area contributed by atoms with Crippen LogP contribution in [0.25, 0.3) is 0 Å². The largest absolute Gasteiger partial charge is 0.333 e. The van der Waals surface area contributed by atoms with E-state index in [0.717, 1.165) is 12.1 Å². The number of hydrogen-bond donors (Lipinski definition) is 2. The van der Waals surface area contributed by atoms with Gasteiger partial charge in [0.05, 0.1) is 6.54 Å². The van der Waals surface area contributed by atoms with E-state index in [0.29, 0.717) is 5.82 Å². The molecule has 0 unspecified atom stereocenters. The summed E-state index contributed by atoms with van der Waals surface area (Å²) in [5.74, 6) is -0.625. The van der Waals surface area contributed by atoms with Crippen LogP contribution < -0.4 is 10.6 Å². The molecule has 0 saturated heterocycles. The van der Waals surface area contributed by atoms with E-state index < -0.39 is 17.7 Å². The number of aromatic nitrogens is 3. The van der Waals surface area contributed by atoms with Gasteiger partial charge in [0.2, 0.25) is 5.95 Å². The Morgan fingerprint density at radius 3 is 2.50 bits per heavy atom. The second kappa shape index (κ2) is 6.50.